The molecule has 0 bridgehead atoms. The van der Waals surface area contributed by atoms with Crippen molar-refractivity contribution in [1.82, 2.24) is 0 Å². The largest absolute Gasteiger partial charge is 0.213 e. The lowest BCUT2D eigenvalue weighted by Gasteiger charge is -2.27. The first kappa shape index (κ1) is 22.3. The van der Waals surface area contributed by atoms with E-state index in [-0.39, 0.29) is 5.41 Å². The number of rotatable bonds is 3. The molecule has 0 N–H and O–H groups in total. The maximum Gasteiger partial charge on any atom is 0.213 e. The van der Waals surface area contributed by atoms with Gasteiger partial charge in [-0.05, 0) is 89.2 Å². The summed E-state index contributed by atoms with van der Waals surface area (Å²) in [6, 6.07) is 25.7. The molecule has 1 spiro atoms. The molecule has 1 heterocycles. The Morgan fingerprint density at radius 2 is 1.40 bits per heavy atom. The Morgan fingerprint density at radius 3 is 2.11 bits per heavy atom. The van der Waals surface area contributed by atoms with Gasteiger partial charge in [-0.3, -0.25) is 0 Å². The van der Waals surface area contributed by atoms with Gasteiger partial charge in [-0.15, -0.1) is 0 Å². The Kier molecular flexibility index (Phi) is 5.22. The molecule has 4 aromatic rings. The van der Waals surface area contributed by atoms with Crippen molar-refractivity contribution >= 4 is 0 Å². The number of hydrogen-bond donors (Lipinski definition) is 0. The van der Waals surface area contributed by atoms with Gasteiger partial charge in [0.05, 0.1) is 0 Å². The molecule has 0 radical (unpaired) electrons. The lowest BCUT2D eigenvalue weighted by Crippen LogP contribution is -2.31. The van der Waals surface area contributed by atoms with Crippen molar-refractivity contribution in [3.8, 4) is 33.5 Å². The van der Waals surface area contributed by atoms with Crippen LogP contribution in [0.3, 0.4) is 0 Å². The monoisotopic (exact) mass is 458 g/mol. The van der Waals surface area contributed by atoms with Crippen LogP contribution < -0.4 is 4.57 Å². The van der Waals surface area contributed by atoms with Gasteiger partial charge in [-0.1, -0.05) is 75.2 Å². The summed E-state index contributed by atoms with van der Waals surface area (Å²) in [6.45, 7) is 9.08. The van der Waals surface area contributed by atoms with Gasteiger partial charge in [0.25, 0.3) is 0 Å². The van der Waals surface area contributed by atoms with Crippen LogP contribution in [-0.4, -0.2) is 0 Å². The molecule has 0 saturated heterocycles. The summed E-state index contributed by atoms with van der Waals surface area (Å²) in [7, 11) is 2.16. The van der Waals surface area contributed by atoms with Crippen molar-refractivity contribution in [3.63, 3.8) is 0 Å². The smallest absolute Gasteiger partial charge is 0.201 e. The number of fused-ring (bicyclic) bond motifs is 5. The van der Waals surface area contributed by atoms with Gasteiger partial charge in [0, 0.05) is 22.6 Å². The average molecular weight is 459 g/mol. The minimum absolute atomic E-state index is 0.192. The van der Waals surface area contributed by atoms with Crippen LogP contribution in [0.4, 0.5) is 0 Å². The Balaban J connectivity index is 1.53. The molecule has 176 valence electrons. The lowest BCUT2D eigenvalue weighted by molar-refractivity contribution is -0.660. The zero-order chi connectivity index (χ0) is 24.3. The number of aromatic nitrogens is 1. The van der Waals surface area contributed by atoms with Gasteiger partial charge in [0.2, 0.25) is 5.69 Å². The maximum atomic E-state index is 2.54. The highest BCUT2D eigenvalue weighted by Gasteiger charge is 2.45. The minimum Gasteiger partial charge on any atom is -0.201 e. The molecule has 2 aliphatic rings. The second kappa shape index (κ2) is 8.19. The fourth-order valence-electron chi connectivity index (χ4n) is 6.78. The topological polar surface area (TPSA) is 3.88 Å². The molecule has 1 fully saturated rings. The van der Waals surface area contributed by atoms with Gasteiger partial charge in [0.1, 0.15) is 7.05 Å². The summed E-state index contributed by atoms with van der Waals surface area (Å²) in [6.07, 6.45) is 7.49. The molecule has 1 aromatic heterocycles. The Morgan fingerprint density at radius 1 is 0.714 bits per heavy atom. The van der Waals surface area contributed by atoms with Crippen LogP contribution in [0.15, 0.2) is 72.9 Å². The first-order chi connectivity index (χ1) is 16.9. The Hall–Kier alpha value is -3.19. The summed E-state index contributed by atoms with van der Waals surface area (Å²) in [5.41, 5.74) is 15.6. The standard InChI is InChI=1S/C34H36N/c1-22(2)25-12-14-28-29-15-13-26(19-32(29)34(31(28)18-25)16-8-9-17-34)30-20-33(35(5)21-24(30)4)27-11-7-6-10-23(27)3/h6-7,10-15,18-22H,8-9,16-17H2,1-5H3/q+1. The Labute approximate surface area is 210 Å². The second-order valence-corrected chi connectivity index (χ2v) is 11.2. The van der Waals surface area contributed by atoms with Crippen molar-refractivity contribution in [1.29, 1.82) is 0 Å². The molecule has 0 unspecified atom stereocenters. The van der Waals surface area contributed by atoms with E-state index in [1.165, 1.54) is 75.9 Å². The normalized spacial score (nSPS) is 15.6. The van der Waals surface area contributed by atoms with Gasteiger partial charge in [0.15, 0.2) is 6.20 Å². The van der Waals surface area contributed by atoms with Crippen LogP contribution in [-0.2, 0) is 12.5 Å². The number of nitrogens with zero attached hydrogens (tertiary/aromatic N) is 1. The van der Waals surface area contributed by atoms with E-state index in [1.807, 2.05) is 0 Å². The quantitative estimate of drug-likeness (QED) is 0.271. The second-order valence-electron chi connectivity index (χ2n) is 11.2. The molecule has 35 heavy (non-hydrogen) atoms. The molecule has 3 aromatic carbocycles. The van der Waals surface area contributed by atoms with Crippen molar-refractivity contribution in [2.75, 3.05) is 0 Å². The van der Waals surface area contributed by atoms with Crippen molar-refractivity contribution < 1.29 is 4.57 Å². The molecule has 2 aliphatic carbocycles. The first-order valence-electron chi connectivity index (χ1n) is 13.2. The van der Waals surface area contributed by atoms with Crippen molar-refractivity contribution in [3.05, 3.63) is 101 Å². The highest BCUT2D eigenvalue weighted by Crippen LogP contribution is 2.57. The third kappa shape index (κ3) is 3.39. The van der Waals surface area contributed by atoms with E-state index in [2.05, 4.69) is 112 Å². The SMILES string of the molecule is Cc1c[n+](C)c(-c2ccccc2C)cc1-c1ccc2c(c1)C1(CCCC1)c1cc(C(C)C)ccc1-2. The fraction of sp³-hybridized carbons (Fsp3) is 0.324. The van der Waals surface area contributed by atoms with Crippen molar-refractivity contribution in [2.24, 2.45) is 7.05 Å². The summed E-state index contributed by atoms with van der Waals surface area (Å²) in [5.74, 6) is 0.561. The van der Waals surface area contributed by atoms with Gasteiger partial charge < -0.3 is 0 Å². The number of aryl methyl sites for hydroxylation is 3. The first-order valence-corrected chi connectivity index (χ1v) is 13.2. The predicted molar refractivity (Wildman–Crippen MR) is 147 cm³/mol. The highest BCUT2D eigenvalue weighted by atomic mass is 14.9. The summed E-state index contributed by atoms with van der Waals surface area (Å²) in [5, 5.41) is 0. The molecular weight excluding hydrogens is 422 g/mol. The predicted octanol–water partition coefficient (Wildman–Crippen LogP) is 8.43. The number of benzene rings is 3. The van der Waals surface area contributed by atoms with E-state index in [4.69, 9.17) is 0 Å². The van der Waals surface area contributed by atoms with E-state index < -0.39 is 0 Å². The average Bonchev–Trinajstić information content (AvgIpc) is 3.44. The molecule has 6 rings (SSSR count). The zero-order valence-electron chi connectivity index (χ0n) is 21.8. The van der Waals surface area contributed by atoms with E-state index in [9.17, 15) is 0 Å². The van der Waals surface area contributed by atoms with E-state index >= 15 is 0 Å². The van der Waals surface area contributed by atoms with Crippen LogP contribution in [0, 0.1) is 13.8 Å². The van der Waals surface area contributed by atoms with E-state index in [0.717, 1.165) is 0 Å². The Bertz CT molecular complexity index is 1450. The third-order valence-electron chi connectivity index (χ3n) is 8.71. The summed E-state index contributed by atoms with van der Waals surface area (Å²) >= 11 is 0. The van der Waals surface area contributed by atoms with Crippen LogP contribution in [0.1, 0.15) is 73.3 Å². The summed E-state index contributed by atoms with van der Waals surface area (Å²) < 4.78 is 2.27. The third-order valence-corrected chi connectivity index (χ3v) is 8.71. The fourth-order valence-corrected chi connectivity index (χ4v) is 6.78. The lowest BCUT2D eigenvalue weighted by atomic mass is 9.75. The summed E-state index contributed by atoms with van der Waals surface area (Å²) in [4.78, 5) is 0. The van der Waals surface area contributed by atoms with E-state index in [0.29, 0.717) is 5.92 Å². The number of hydrogen-bond acceptors (Lipinski definition) is 0. The molecular formula is C34H36N+. The van der Waals surface area contributed by atoms with Crippen LogP contribution in [0.25, 0.3) is 33.5 Å². The van der Waals surface area contributed by atoms with Gasteiger partial charge >= 0.3 is 0 Å². The van der Waals surface area contributed by atoms with Gasteiger partial charge in [-0.2, -0.15) is 0 Å². The molecule has 0 atom stereocenters. The molecule has 1 heteroatoms. The zero-order valence-corrected chi connectivity index (χ0v) is 21.8. The molecule has 1 nitrogen and oxygen atoms in total. The molecule has 0 amide bonds. The maximum absolute atomic E-state index is 2.54. The highest BCUT2D eigenvalue weighted by molar-refractivity contribution is 5.85. The number of pyridine rings is 1. The molecule has 0 aliphatic heterocycles. The van der Waals surface area contributed by atoms with E-state index in [1.54, 1.807) is 11.1 Å². The van der Waals surface area contributed by atoms with Crippen LogP contribution >= 0.6 is 0 Å². The molecule has 1 saturated carbocycles. The van der Waals surface area contributed by atoms with Gasteiger partial charge in [-0.25, -0.2) is 4.57 Å². The van der Waals surface area contributed by atoms with Crippen LogP contribution in [0.2, 0.25) is 0 Å². The van der Waals surface area contributed by atoms with Crippen LogP contribution in [0.5, 0.6) is 0 Å². The minimum atomic E-state index is 0.192. The van der Waals surface area contributed by atoms with Crippen molar-refractivity contribution in [2.45, 2.75) is 64.7 Å².